The zero-order chi connectivity index (χ0) is 12.4. The second kappa shape index (κ2) is 4.57. The van der Waals surface area contributed by atoms with E-state index in [1.54, 1.807) is 24.3 Å². The Bertz CT molecular complexity index is 435. The molecule has 17 heavy (non-hydrogen) atoms. The van der Waals surface area contributed by atoms with Gasteiger partial charge in [0.1, 0.15) is 0 Å². The Hall–Kier alpha value is -1.84. The van der Waals surface area contributed by atoms with E-state index in [-0.39, 0.29) is 5.91 Å². The number of hydrogen-bond acceptors (Lipinski definition) is 2. The Morgan fingerprint density at radius 2 is 1.76 bits per heavy atom. The summed E-state index contributed by atoms with van der Waals surface area (Å²) in [5.41, 5.74) is 6.19. The third kappa shape index (κ3) is 2.46. The molecular formula is C13H16N2O2. The number of nitrogens with two attached hydrogens (primary N) is 1. The van der Waals surface area contributed by atoms with Gasteiger partial charge in [-0.05, 0) is 44.0 Å². The molecule has 1 aliphatic carbocycles. The number of rotatable bonds is 4. The van der Waals surface area contributed by atoms with Gasteiger partial charge in [-0.2, -0.15) is 0 Å². The SMILES string of the molecule is CCN(C(=O)c1ccc(C(N)=O)cc1)C1CC1. The van der Waals surface area contributed by atoms with Crippen LogP contribution in [0.1, 0.15) is 40.5 Å². The zero-order valence-corrected chi connectivity index (χ0v) is 9.85. The van der Waals surface area contributed by atoms with E-state index in [2.05, 4.69) is 0 Å². The van der Waals surface area contributed by atoms with Gasteiger partial charge in [0, 0.05) is 23.7 Å². The molecule has 0 aliphatic heterocycles. The predicted octanol–water partition coefficient (Wildman–Crippen LogP) is 1.41. The number of nitrogens with zero attached hydrogens (tertiary/aromatic N) is 1. The molecule has 2 amide bonds. The van der Waals surface area contributed by atoms with E-state index in [4.69, 9.17) is 5.73 Å². The molecule has 0 atom stereocenters. The Kier molecular flexibility index (Phi) is 3.13. The molecule has 0 bridgehead atoms. The standard InChI is InChI=1S/C13H16N2O2/c1-2-15(11-7-8-11)13(17)10-5-3-9(4-6-10)12(14)16/h3-6,11H,2,7-8H2,1H3,(H2,14,16). The Balaban J connectivity index is 2.15. The fraction of sp³-hybridized carbons (Fsp3) is 0.385. The minimum absolute atomic E-state index is 0.0334. The van der Waals surface area contributed by atoms with Gasteiger partial charge >= 0.3 is 0 Å². The van der Waals surface area contributed by atoms with Gasteiger partial charge in [-0.25, -0.2) is 0 Å². The maximum Gasteiger partial charge on any atom is 0.254 e. The lowest BCUT2D eigenvalue weighted by molar-refractivity contribution is 0.0752. The highest BCUT2D eigenvalue weighted by atomic mass is 16.2. The van der Waals surface area contributed by atoms with E-state index >= 15 is 0 Å². The average molecular weight is 232 g/mol. The van der Waals surface area contributed by atoms with Gasteiger partial charge in [-0.1, -0.05) is 0 Å². The summed E-state index contributed by atoms with van der Waals surface area (Å²) in [6.45, 7) is 2.70. The number of carbonyl (C=O) groups excluding carboxylic acids is 2. The van der Waals surface area contributed by atoms with Crippen molar-refractivity contribution in [3.8, 4) is 0 Å². The summed E-state index contributed by atoms with van der Waals surface area (Å²) in [7, 11) is 0. The van der Waals surface area contributed by atoms with Crippen LogP contribution in [0.25, 0.3) is 0 Å². The minimum atomic E-state index is -0.474. The minimum Gasteiger partial charge on any atom is -0.366 e. The molecule has 0 spiro atoms. The molecule has 1 fully saturated rings. The smallest absolute Gasteiger partial charge is 0.254 e. The van der Waals surface area contributed by atoms with Crippen LogP contribution in [0.2, 0.25) is 0 Å². The first-order valence-electron chi connectivity index (χ1n) is 5.84. The maximum absolute atomic E-state index is 12.1. The molecule has 1 aromatic carbocycles. The van der Waals surface area contributed by atoms with Crippen LogP contribution in [0.4, 0.5) is 0 Å². The van der Waals surface area contributed by atoms with E-state index in [1.807, 2.05) is 11.8 Å². The molecule has 4 heteroatoms. The van der Waals surface area contributed by atoms with Gasteiger partial charge in [0.25, 0.3) is 5.91 Å². The van der Waals surface area contributed by atoms with Crippen molar-refractivity contribution in [1.29, 1.82) is 0 Å². The summed E-state index contributed by atoms with van der Waals surface area (Å²) in [5, 5.41) is 0. The molecule has 1 saturated carbocycles. The molecule has 0 heterocycles. The van der Waals surface area contributed by atoms with Crippen molar-refractivity contribution in [2.45, 2.75) is 25.8 Å². The Labute approximate surface area is 100 Å². The molecule has 0 unspecified atom stereocenters. The van der Waals surface area contributed by atoms with Crippen molar-refractivity contribution >= 4 is 11.8 Å². The first-order chi connectivity index (χ1) is 8.13. The summed E-state index contributed by atoms with van der Waals surface area (Å²) in [5.74, 6) is -0.440. The number of carbonyl (C=O) groups is 2. The van der Waals surface area contributed by atoms with Crippen LogP contribution in [-0.4, -0.2) is 29.3 Å². The third-order valence-corrected chi connectivity index (χ3v) is 3.01. The van der Waals surface area contributed by atoms with Crippen LogP contribution >= 0.6 is 0 Å². The van der Waals surface area contributed by atoms with E-state index in [0.717, 1.165) is 19.4 Å². The maximum atomic E-state index is 12.1. The molecular weight excluding hydrogens is 216 g/mol. The highest BCUT2D eigenvalue weighted by Gasteiger charge is 2.31. The molecule has 4 nitrogen and oxygen atoms in total. The van der Waals surface area contributed by atoms with Gasteiger partial charge in [-0.3, -0.25) is 9.59 Å². The lowest BCUT2D eigenvalue weighted by Crippen LogP contribution is -2.32. The van der Waals surface area contributed by atoms with Crippen molar-refractivity contribution in [2.75, 3.05) is 6.54 Å². The summed E-state index contributed by atoms with van der Waals surface area (Å²) < 4.78 is 0. The summed E-state index contributed by atoms with van der Waals surface area (Å²) >= 11 is 0. The van der Waals surface area contributed by atoms with Gasteiger partial charge in [0.05, 0.1) is 0 Å². The lowest BCUT2D eigenvalue weighted by Gasteiger charge is -2.20. The van der Waals surface area contributed by atoms with Crippen LogP contribution in [0.3, 0.4) is 0 Å². The number of benzene rings is 1. The molecule has 0 saturated heterocycles. The van der Waals surface area contributed by atoms with Crippen LogP contribution < -0.4 is 5.73 Å². The van der Waals surface area contributed by atoms with Gasteiger partial charge in [0.2, 0.25) is 5.91 Å². The Morgan fingerprint density at radius 3 is 2.18 bits per heavy atom. The third-order valence-electron chi connectivity index (χ3n) is 3.01. The van der Waals surface area contributed by atoms with Crippen molar-refractivity contribution in [3.63, 3.8) is 0 Å². The average Bonchev–Trinajstić information content (AvgIpc) is 3.14. The van der Waals surface area contributed by atoms with Crippen LogP contribution in [0.15, 0.2) is 24.3 Å². The number of primary amides is 1. The monoisotopic (exact) mass is 232 g/mol. The molecule has 2 N–H and O–H groups in total. The van der Waals surface area contributed by atoms with E-state index in [0.29, 0.717) is 17.2 Å². The summed E-state index contributed by atoms with van der Waals surface area (Å²) in [4.78, 5) is 24.9. The normalized spacial score (nSPS) is 14.4. The zero-order valence-electron chi connectivity index (χ0n) is 9.85. The number of hydrogen-bond donors (Lipinski definition) is 1. The largest absolute Gasteiger partial charge is 0.366 e. The van der Waals surface area contributed by atoms with E-state index in [9.17, 15) is 9.59 Å². The van der Waals surface area contributed by atoms with Crippen molar-refractivity contribution in [3.05, 3.63) is 35.4 Å². The van der Waals surface area contributed by atoms with E-state index < -0.39 is 5.91 Å². The Morgan fingerprint density at radius 1 is 1.24 bits per heavy atom. The van der Waals surface area contributed by atoms with Gasteiger partial charge in [0.15, 0.2) is 0 Å². The molecule has 2 rings (SSSR count). The molecule has 1 aromatic rings. The summed E-state index contributed by atoms with van der Waals surface area (Å²) in [6.07, 6.45) is 2.19. The van der Waals surface area contributed by atoms with Crippen molar-refractivity contribution in [2.24, 2.45) is 5.73 Å². The molecule has 0 aromatic heterocycles. The second-order valence-electron chi connectivity index (χ2n) is 4.26. The summed E-state index contributed by atoms with van der Waals surface area (Å²) in [6, 6.07) is 6.91. The highest BCUT2D eigenvalue weighted by molar-refractivity contribution is 5.97. The van der Waals surface area contributed by atoms with Gasteiger partial charge < -0.3 is 10.6 Å². The molecule has 90 valence electrons. The molecule has 1 aliphatic rings. The van der Waals surface area contributed by atoms with Crippen LogP contribution in [0, 0.1) is 0 Å². The van der Waals surface area contributed by atoms with Crippen molar-refractivity contribution in [1.82, 2.24) is 4.90 Å². The number of amides is 2. The topological polar surface area (TPSA) is 63.4 Å². The predicted molar refractivity (Wildman–Crippen MR) is 64.7 cm³/mol. The first kappa shape index (κ1) is 11.6. The van der Waals surface area contributed by atoms with Gasteiger partial charge in [-0.15, -0.1) is 0 Å². The van der Waals surface area contributed by atoms with Crippen molar-refractivity contribution < 1.29 is 9.59 Å². The second-order valence-corrected chi connectivity index (χ2v) is 4.26. The molecule has 0 radical (unpaired) electrons. The van der Waals surface area contributed by atoms with E-state index in [1.165, 1.54) is 0 Å². The highest BCUT2D eigenvalue weighted by Crippen LogP contribution is 2.27. The first-order valence-corrected chi connectivity index (χ1v) is 5.84. The lowest BCUT2D eigenvalue weighted by atomic mass is 10.1. The van der Waals surface area contributed by atoms with Crippen LogP contribution in [-0.2, 0) is 0 Å². The quantitative estimate of drug-likeness (QED) is 0.853. The fourth-order valence-electron chi connectivity index (χ4n) is 1.90. The fourth-order valence-corrected chi connectivity index (χ4v) is 1.90. The van der Waals surface area contributed by atoms with Crippen LogP contribution in [0.5, 0.6) is 0 Å².